The Morgan fingerprint density at radius 3 is 2.42 bits per heavy atom. The maximum absolute atomic E-state index is 12.7. The van der Waals surface area contributed by atoms with E-state index in [1.807, 2.05) is 6.07 Å². The molecule has 0 aliphatic rings. The summed E-state index contributed by atoms with van der Waals surface area (Å²) in [7, 11) is -3.40. The van der Waals surface area contributed by atoms with Crippen LogP contribution in [0.4, 0.5) is 0 Å². The van der Waals surface area contributed by atoms with E-state index in [1.54, 1.807) is 24.3 Å². The van der Waals surface area contributed by atoms with Crippen LogP contribution in [0.5, 0.6) is 0 Å². The molecule has 0 radical (unpaired) electrons. The Morgan fingerprint density at radius 1 is 1.19 bits per heavy atom. The fraction of sp³-hybridized carbons (Fsp3) is 0.294. The zero-order valence-corrected chi connectivity index (χ0v) is 15.2. The first-order valence-corrected chi connectivity index (χ1v) is 9.67. The molecule has 1 heterocycles. The van der Waals surface area contributed by atoms with Gasteiger partial charge in [-0.15, -0.1) is 0 Å². The second kappa shape index (κ2) is 8.15. The predicted molar refractivity (Wildman–Crippen MR) is 93.8 cm³/mol. The number of furan rings is 1. The average molecular weight is 380 g/mol. The smallest absolute Gasteiger partial charge is 0.326 e. The van der Waals surface area contributed by atoms with Gasteiger partial charge in [0, 0.05) is 6.54 Å². The van der Waals surface area contributed by atoms with Gasteiger partial charge in [-0.2, -0.15) is 0 Å². The van der Waals surface area contributed by atoms with Crippen molar-refractivity contribution in [3.8, 4) is 0 Å². The molecule has 9 heteroatoms. The molecule has 0 bridgehead atoms. The van der Waals surface area contributed by atoms with Gasteiger partial charge < -0.3 is 14.4 Å². The molecule has 2 rings (SSSR count). The molecule has 1 unspecified atom stereocenters. The maximum Gasteiger partial charge on any atom is 0.326 e. The van der Waals surface area contributed by atoms with E-state index in [4.69, 9.17) is 4.42 Å². The van der Waals surface area contributed by atoms with Gasteiger partial charge >= 0.3 is 5.97 Å². The van der Waals surface area contributed by atoms with Crippen LogP contribution in [0.15, 0.2) is 46.9 Å². The molecular weight excluding hydrogens is 360 g/mol. The van der Waals surface area contributed by atoms with Crippen LogP contribution in [-0.4, -0.2) is 42.6 Å². The Morgan fingerprint density at radius 2 is 1.85 bits per heavy atom. The topological polar surface area (TPSA) is 117 Å². The van der Waals surface area contributed by atoms with Gasteiger partial charge in [0.25, 0.3) is 5.91 Å². The highest BCUT2D eigenvalue weighted by Gasteiger charge is 2.28. The lowest BCUT2D eigenvalue weighted by Gasteiger charge is -2.25. The first kappa shape index (κ1) is 19.7. The van der Waals surface area contributed by atoms with Crippen LogP contribution in [0.2, 0.25) is 0 Å². The quantitative estimate of drug-likeness (QED) is 0.716. The normalized spacial score (nSPS) is 12.5. The van der Waals surface area contributed by atoms with Crippen molar-refractivity contribution in [1.82, 2.24) is 9.62 Å². The number of carboxylic acid groups (broad SMARTS) is 1. The van der Waals surface area contributed by atoms with E-state index >= 15 is 0 Å². The standard InChI is InChI=1S/C17H20N2O6S/c1-12(17(21)22)19(11-13-6-4-3-5-7-13)16(20)15-9-8-14(25-15)10-18-26(2,23)24/h3-9,12,18H,10-11H2,1-2H3,(H,21,22). The third-order valence-corrected chi connectivity index (χ3v) is 4.33. The number of sulfonamides is 1. The number of carboxylic acids is 1. The van der Waals surface area contributed by atoms with Crippen LogP contribution >= 0.6 is 0 Å². The van der Waals surface area contributed by atoms with E-state index in [-0.39, 0.29) is 24.6 Å². The van der Waals surface area contributed by atoms with Crippen LogP contribution in [-0.2, 0) is 27.9 Å². The molecule has 0 saturated carbocycles. The number of nitrogens with zero attached hydrogens (tertiary/aromatic N) is 1. The molecule has 140 valence electrons. The van der Waals surface area contributed by atoms with E-state index in [0.29, 0.717) is 0 Å². The number of hydrogen-bond donors (Lipinski definition) is 2. The lowest BCUT2D eigenvalue weighted by atomic mass is 10.1. The average Bonchev–Trinajstić information content (AvgIpc) is 3.06. The van der Waals surface area contributed by atoms with E-state index < -0.39 is 27.9 Å². The van der Waals surface area contributed by atoms with Gasteiger partial charge in [0.05, 0.1) is 12.8 Å². The molecule has 0 fully saturated rings. The van der Waals surface area contributed by atoms with Crippen molar-refractivity contribution in [2.45, 2.75) is 26.1 Å². The molecule has 0 aliphatic heterocycles. The molecule has 2 N–H and O–H groups in total. The summed E-state index contributed by atoms with van der Waals surface area (Å²) in [4.78, 5) is 25.3. The van der Waals surface area contributed by atoms with Crippen molar-refractivity contribution in [3.05, 3.63) is 59.5 Å². The van der Waals surface area contributed by atoms with E-state index in [9.17, 15) is 23.1 Å². The summed E-state index contributed by atoms with van der Waals surface area (Å²) < 4.78 is 29.9. The summed E-state index contributed by atoms with van der Waals surface area (Å²) >= 11 is 0. The number of carbonyl (C=O) groups excluding carboxylic acids is 1. The summed E-state index contributed by atoms with van der Waals surface area (Å²) in [6, 6.07) is 10.8. The minimum atomic E-state index is -3.40. The van der Waals surface area contributed by atoms with Crippen LogP contribution < -0.4 is 4.72 Å². The fourth-order valence-corrected chi connectivity index (χ4v) is 2.63. The largest absolute Gasteiger partial charge is 0.480 e. The number of nitrogens with one attached hydrogen (secondary N) is 1. The molecule has 2 aromatic rings. The number of aliphatic carboxylic acids is 1. The Hall–Kier alpha value is -2.65. The number of hydrogen-bond acceptors (Lipinski definition) is 5. The van der Waals surface area contributed by atoms with E-state index in [1.165, 1.54) is 24.0 Å². The molecular formula is C17H20N2O6S. The molecule has 1 amide bonds. The van der Waals surface area contributed by atoms with Gasteiger partial charge in [-0.1, -0.05) is 30.3 Å². The minimum absolute atomic E-state index is 0.0562. The summed E-state index contributed by atoms with van der Waals surface area (Å²) in [5, 5.41) is 9.30. The Balaban J connectivity index is 2.20. The zero-order valence-electron chi connectivity index (χ0n) is 14.4. The van der Waals surface area contributed by atoms with Crippen molar-refractivity contribution in [1.29, 1.82) is 0 Å². The third-order valence-electron chi connectivity index (χ3n) is 3.66. The van der Waals surface area contributed by atoms with Crippen LogP contribution in [0, 0.1) is 0 Å². The van der Waals surface area contributed by atoms with Crippen molar-refractivity contribution in [2.75, 3.05) is 6.26 Å². The molecule has 1 aromatic carbocycles. The first-order valence-electron chi connectivity index (χ1n) is 7.78. The molecule has 8 nitrogen and oxygen atoms in total. The minimum Gasteiger partial charge on any atom is -0.480 e. The lowest BCUT2D eigenvalue weighted by Crippen LogP contribution is -2.42. The maximum atomic E-state index is 12.7. The van der Waals surface area contributed by atoms with Crippen molar-refractivity contribution < 1.29 is 27.5 Å². The molecule has 0 spiro atoms. The van der Waals surface area contributed by atoms with E-state index in [0.717, 1.165) is 11.8 Å². The number of carbonyl (C=O) groups is 2. The van der Waals surface area contributed by atoms with Gasteiger partial charge in [-0.25, -0.2) is 17.9 Å². The molecule has 0 saturated heterocycles. The third kappa shape index (κ3) is 5.43. The highest BCUT2D eigenvalue weighted by atomic mass is 32.2. The van der Waals surface area contributed by atoms with E-state index in [2.05, 4.69) is 4.72 Å². The summed E-state index contributed by atoms with van der Waals surface area (Å²) in [6.07, 6.45) is 1.01. The predicted octanol–water partition coefficient (Wildman–Crippen LogP) is 1.44. The van der Waals surface area contributed by atoms with Crippen LogP contribution in [0.25, 0.3) is 0 Å². The van der Waals surface area contributed by atoms with Crippen molar-refractivity contribution in [3.63, 3.8) is 0 Å². The summed E-state index contributed by atoms with van der Waals surface area (Å²) in [6.45, 7) is 1.42. The highest BCUT2D eigenvalue weighted by Crippen LogP contribution is 2.16. The Bertz CT molecular complexity index is 876. The lowest BCUT2D eigenvalue weighted by molar-refractivity contribution is -0.141. The summed E-state index contributed by atoms with van der Waals surface area (Å²) in [5.41, 5.74) is 0.777. The van der Waals surface area contributed by atoms with Gasteiger partial charge in [-0.3, -0.25) is 4.79 Å². The molecule has 1 atom stereocenters. The van der Waals surface area contributed by atoms with Gasteiger partial charge in [-0.05, 0) is 24.6 Å². The Labute approximate surface area is 151 Å². The number of amides is 1. The van der Waals surface area contributed by atoms with Gasteiger partial charge in [0.1, 0.15) is 11.8 Å². The molecule has 1 aromatic heterocycles. The molecule has 0 aliphatic carbocycles. The fourth-order valence-electron chi connectivity index (χ4n) is 2.23. The Kier molecular flexibility index (Phi) is 6.17. The van der Waals surface area contributed by atoms with Crippen LogP contribution in [0.1, 0.15) is 28.8 Å². The number of rotatable bonds is 8. The van der Waals surface area contributed by atoms with Crippen LogP contribution in [0.3, 0.4) is 0 Å². The van der Waals surface area contributed by atoms with Gasteiger partial charge in [0.15, 0.2) is 5.76 Å². The second-order valence-electron chi connectivity index (χ2n) is 5.79. The first-order chi connectivity index (χ1) is 12.2. The van der Waals surface area contributed by atoms with Gasteiger partial charge in [0.2, 0.25) is 10.0 Å². The number of benzene rings is 1. The SMILES string of the molecule is CC(C(=O)O)N(Cc1ccccc1)C(=O)c1ccc(CNS(C)(=O)=O)o1. The highest BCUT2D eigenvalue weighted by molar-refractivity contribution is 7.88. The monoisotopic (exact) mass is 380 g/mol. The summed E-state index contributed by atoms with van der Waals surface area (Å²) in [5.74, 6) is -1.53. The zero-order chi connectivity index (χ0) is 19.3. The second-order valence-corrected chi connectivity index (χ2v) is 7.63. The van der Waals surface area contributed by atoms with Crippen molar-refractivity contribution in [2.24, 2.45) is 0 Å². The molecule has 26 heavy (non-hydrogen) atoms. The van der Waals surface area contributed by atoms with Crippen molar-refractivity contribution >= 4 is 21.9 Å².